The monoisotopic (exact) mass is 277 g/mol. The first-order valence-electron chi connectivity index (χ1n) is 4.55. The second-order valence-electron chi connectivity index (χ2n) is 3.06. The molecule has 0 saturated heterocycles. The largest absolute Gasteiger partial charge is 0.496 e. The third-order valence-corrected chi connectivity index (χ3v) is 2.70. The molecule has 0 fully saturated rings. The molecule has 0 aliphatic heterocycles. The van der Waals surface area contributed by atoms with Crippen molar-refractivity contribution >= 4 is 15.9 Å². The number of nitrogens with one attached hydrogen (secondary N) is 1. The fourth-order valence-corrected chi connectivity index (χ4v) is 1.76. The molecule has 80 valence electrons. The number of hydrogen-bond acceptors (Lipinski definition) is 3. The number of rotatable bonds is 2. The van der Waals surface area contributed by atoms with Crippen molar-refractivity contribution in [2.24, 2.45) is 0 Å². The van der Waals surface area contributed by atoms with E-state index >= 15 is 0 Å². The average molecular weight is 278 g/mol. The van der Waals surface area contributed by atoms with Crippen LogP contribution in [0.2, 0.25) is 0 Å². The van der Waals surface area contributed by atoms with Crippen molar-refractivity contribution in [2.75, 3.05) is 7.11 Å². The molecule has 0 spiro atoms. The molecule has 0 aliphatic carbocycles. The average Bonchev–Trinajstić information content (AvgIpc) is 2.70. The van der Waals surface area contributed by atoms with E-state index in [1.165, 1.54) is 0 Å². The molecule has 0 atom stereocenters. The second kappa shape index (κ2) is 4.37. The lowest BCUT2D eigenvalue weighted by Gasteiger charge is -2.04. The number of nitriles is 1. The second-order valence-corrected chi connectivity index (χ2v) is 3.85. The highest BCUT2D eigenvalue weighted by atomic mass is 79.9. The van der Waals surface area contributed by atoms with E-state index in [1.54, 1.807) is 7.11 Å². The van der Waals surface area contributed by atoms with Gasteiger partial charge in [0.2, 0.25) is 0 Å². The molecular formula is C11H8BrN3O. The summed E-state index contributed by atoms with van der Waals surface area (Å²) in [5.41, 5.74) is 1.16. The molecule has 2 rings (SSSR count). The number of ether oxygens (including phenoxy) is 1. The first-order valence-corrected chi connectivity index (χ1v) is 5.34. The van der Waals surface area contributed by atoms with Crippen molar-refractivity contribution in [1.29, 1.82) is 5.26 Å². The Hall–Kier alpha value is -1.80. The number of aromatic amines is 1. The van der Waals surface area contributed by atoms with E-state index in [4.69, 9.17) is 10.00 Å². The minimum Gasteiger partial charge on any atom is -0.496 e. The number of H-pyrrole nitrogens is 1. The predicted octanol–water partition coefficient (Wildman–Crippen LogP) is 2.72. The van der Waals surface area contributed by atoms with E-state index < -0.39 is 0 Å². The maximum absolute atomic E-state index is 8.81. The standard InChI is InChI=1S/C11H8BrN3O/c1-16-9-5-3-2-4-7(9)11-14-8(6-13)10(12)15-11/h2-5H,1H3,(H,14,15). The third-order valence-electron chi connectivity index (χ3n) is 2.13. The van der Waals surface area contributed by atoms with Crippen LogP contribution in [0, 0.1) is 11.3 Å². The van der Waals surface area contributed by atoms with Gasteiger partial charge in [0.1, 0.15) is 22.2 Å². The van der Waals surface area contributed by atoms with Gasteiger partial charge in [0.25, 0.3) is 0 Å². The Bertz CT molecular complexity index is 557. The smallest absolute Gasteiger partial charge is 0.173 e. The Morgan fingerprint density at radius 1 is 1.44 bits per heavy atom. The van der Waals surface area contributed by atoms with Crippen molar-refractivity contribution in [1.82, 2.24) is 9.97 Å². The highest BCUT2D eigenvalue weighted by Crippen LogP contribution is 2.29. The lowest BCUT2D eigenvalue weighted by Crippen LogP contribution is -1.88. The summed E-state index contributed by atoms with van der Waals surface area (Å²) in [6, 6.07) is 9.49. The van der Waals surface area contributed by atoms with Crippen LogP contribution in [0.15, 0.2) is 28.9 Å². The summed E-state index contributed by atoms with van der Waals surface area (Å²) < 4.78 is 5.80. The first-order chi connectivity index (χ1) is 7.76. The van der Waals surface area contributed by atoms with Crippen LogP contribution in [0.25, 0.3) is 11.4 Å². The third kappa shape index (κ3) is 1.79. The van der Waals surface area contributed by atoms with Gasteiger partial charge >= 0.3 is 0 Å². The van der Waals surface area contributed by atoms with Crippen molar-refractivity contribution in [3.63, 3.8) is 0 Å². The van der Waals surface area contributed by atoms with Gasteiger partial charge in [-0.3, -0.25) is 0 Å². The van der Waals surface area contributed by atoms with Crippen LogP contribution in [0.4, 0.5) is 0 Å². The summed E-state index contributed by atoms with van der Waals surface area (Å²) in [4.78, 5) is 7.15. The van der Waals surface area contributed by atoms with E-state index in [1.807, 2.05) is 30.3 Å². The highest BCUT2D eigenvalue weighted by Gasteiger charge is 2.12. The van der Waals surface area contributed by atoms with Crippen molar-refractivity contribution < 1.29 is 4.74 Å². The molecule has 0 radical (unpaired) electrons. The molecule has 1 aromatic carbocycles. The van der Waals surface area contributed by atoms with Gasteiger partial charge in [-0.2, -0.15) is 5.26 Å². The SMILES string of the molecule is COc1ccccc1-c1nc(C#N)c(Br)[nH]1. The van der Waals surface area contributed by atoms with Gasteiger partial charge < -0.3 is 9.72 Å². The molecule has 5 heteroatoms. The van der Waals surface area contributed by atoms with Crippen LogP contribution >= 0.6 is 15.9 Å². The van der Waals surface area contributed by atoms with Crippen molar-refractivity contribution in [3.05, 3.63) is 34.6 Å². The van der Waals surface area contributed by atoms with Crippen LogP contribution in [0.3, 0.4) is 0 Å². The Labute approximate surface area is 101 Å². The van der Waals surface area contributed by atoms with Gasteiger partial charge in [0.15, 0.2) is 5.69 Å². The van der Waals surface area contributed by atoms with E-state index in [0.29, 0.717) is 21.9 Å². The van der Waals surface area contributed by atoms with Gasteiger partial charge in [-0.25, -0.2) is 4.98 Å². The van der Waals surface area contributed by atoms with Crippen LogP contribution in [-0.2, 0) is 0 Å². The highest BCUT2D eigenvalue weighted by molar-refractivity contribution is 9.10. The summed E-state index contributed by atoms with van der Waals surface area (Å²) >= 11 is 3.24. The first kappa shape index (κ1) is 10.7. The van der Waals surface area contributed by atoms with Crippen LogP contribution in [0.5, 0.6) is 5.75 Å². The number of halogens is 1. The fraction of sp³-hybridized carbons (Fsp3) is 0.0909. The van der Waals surface area contributed by atoms with E-state index in [9.17, 15) is 0 Å². The number of nitrogens with zero attached hydrogens (tertiary/aromatic N) is 2. The normalized spacial score (nSPS) is 9.81. The lowest BCUT2D eigenvalue weighted by molar-refractivity contribution is 0.416. The number of methoxy groups -OCH3 is 1. The molecule has 0 aliphatic rings. The van der Waals surface area contributed by atoms with Gasteiger partial charge in [-0.1, -0.05) is 12.1 Å². The predicted molar refractivity (Wildman–Crippen MR) is 63.0 cm³/mol. The molecule has 2 aromatic rings. The molecule has 4 nitrogen and oxygen atoms in total. The van der Waals surface area contributed by atoms with E-state index in [-0.39, 0.29) is 0 Å². The quantitative estimate of drug-likeness (QED) is 0.918. The van der Waals surface area contributed by atoms with Gasteiger partial charge in [0.05, 0.1) is 12.7 Å². The van der Waals surface area contributed by atoms with E-state index in [2.05, 4.69) is 25.9 Å². The van der Waals surface area contributed by atoms with E-state index in [0.717, 1.165) is 5.56 Å². The maximum Gasteiger partial charge on any atom is 0.173 e. The van der Waals surface area contributed by atoms with Gasteiger partial charge in [-0.05, 0) is 28.1 Å². The molecule has 0 saturated carbocycles. The zero-order valence-electron chi connectivity index (χ0n) is 8.49. The number of imidazole rings is 1. The summed E-state index contributed by atoms with van der Waals surface area (Å²) in [6.45, 7) is 0. The maximum atomic E-state index is 8.81. The Morgan fingerprint density at radius 3 is 2.81 bits per heavy atom. The van der Waals surface area contributed by atoms with Crippen LogP contribution in [-0.4, -0.2) is 17.1 Å². The zero-order valence-corrected chi connectivity index (χ0v) is 10.1. The number of hydrogen-bond donors (Lipinski definition) is 1. The topological polar surface area (TPSA) is 61.7 Å². The Balaban J connectivity index is 2.55. The van der Waals surface area contributed by atoms with Crippen LogP contribution in [0.1, 0.15) is 5.69 Å². The number of para-hydroxylation sites is 1. The summed E-state index contributed by atoms with van der Waals surface area (Å²) in [5, 5.41) is 8.81. The van der Waals surface area contributed by atoms with Gasteiger partial charge in [0, 0.05) is 0 Å². The minimum absolute atomic E-state index is 0.334. The molecule has 1 aromatic heterocycles. The summed E-state index contributed by atoms with van der Waals surface area (Å²) in [6.07, 6.45) is 0. The molecule has 1 heterocycles. The van der Waals surface area contributed by atoms with Crippen molar-refractivity contribution in [2.45, 2.75) is 0 Å². The zero-order chi connectivity index (χ0) is 11.5. The van der Waals surface area contributed by atoms with Crippen molar-refractivity contribution in [3.8, 4) is 23.2 Å². The van der Waals surface area contributed by atoms with Gasteiger partial charge in [-0.15, -0.1) is 0 Å². The fourth-order valence-electron chi connectivity index (χ4n) is 1.39. The molecule has 0 bridgehead atoms. The lowest BCUT2D eigenvalue weighted by atomic mass is 10.2. The minimum atomic E-state index is 0.334. The number of aromatic nitrogens is 2. The van der Waals surface area contributed by atoms with Crippen LogP contribution < -0.4 is 4.74 Å². The molecule has 0 unspecified atom stereocenters. The number of benzene rings is 1. The summed E-state index contributed by atoms with van der Waals surface area (Å²) in [5.74, 6) is 1.33. The summed E-state index contributed by atoms with van der Waals surface area (Å²) in [7, 11) is 1.60. The molecular weight excluding hydrogens is 270 g/mol. The Morgan fingerprint density at radius 2 is 2.19 bits per heavy atom. The Kier molecular flexibility index (Phi) is 2.93. The molecule has 0 amide bonds. The molecule has 1 N–H and O–H groups in total. The molecule has 16 heavy (non-hydrogen) atoms.